The van der Waals surface area contributed by atoms with Gasteiger partial charge in [0, 0.05) is 14.1 Å². The maximum absolute atomic E-state index is 10.8. The number of amidine groups is 1. The van der Waals surface area contributed by atoms with Gasteiger partial charge in [-0.25, -0.2) is 0 Å². The van der Waals surface area contributed by atoms with Crippen LogP contribution in [0.15, 0.2) is 4.99 Å². The van der Waals surface area contributed by atoms with Crippen molar-refractivity contribution in [2.75, 3.05) is 26.4 Å². The molecule has 1 aliphatic rings. The predicted molar refractivity (Wildman–Crippen MR) is 43.5 cm³/mol. The van der Waals surface area contributed by atoms with E-state index >= 15 is 0 Å². The molecule has 0 unspecified atom stereocenters. The Balaban J connectivity index is 2.60. The van der Waals surface area contributed by atoms with E-state index in [1.165, 1.54) is 11.8 Å². The van der Waals surface area contributed by atoms with Gasteiger partial charge < -0.3 is 4.90 Å². The van der Waals surface area contributed by atoms with Crippen molar-refractivity contribution in [1.82, 2.24) is 4.90 Å². The smallest absolute Gasteiger partial charge is 0.162 e. The van der Waals surface area contributed by atoms with Crippen LogP contribution in [0.3, 0.4) is 0 Å². The maximum Gasteiger partial charge on any atom is 0.162 e. The van der Waals surface area contributed by atoms with Gasteiger partial charge >= 0.3 is 0 Å². The molecular weight excluding hydrogens is 148 g/mol. The Bertz CT molecular complexity index is 179. The second kappa shape index (κ2) is 3.05. The molecule has 0 aromatic rings. The van der Waals surface area contributed by atoms with Crippen LogP contribution in [0.1, 0.15) is 0 Å². The Kier molecular flexibility index (Phi) is 2.32. The SMILES string of the molecule is CN=C1SCC(=O)CN1C. The lowest BCUT2D eigenvalue weighted by Crippen LogP contribution is -2.36. The molecule has 0 radical (unpaired) electrons. The summed E-state index contributed by atoms with van der Waals surface area (Å²) in [6.07, 6.45) is 0. The Morgan fingerprint density at radius 3 is 2.90 bits per heavy atom. The molecule has 0 N–H and O–H groups in total. The van der Waals surface area contributed by atoms with Gasteiger partial charge in [-0.15, -0.1) is 0 Å². The Hall–Kier alpha value is -0.510. The molecule has 1 aliphatic heterocycles. The molecule has 1 heterocycles. The molecule has 0 aromatic carbocycles. The number of carbonyl (C=O) groups is 1. The van der Waals surface area contributed by atoms with Crippen LogP contribution in [0.5, 0.6) is 0 Å². The predicted octanol–water partition coefficient (Wildman–Crippen LogP) is 0.220. The van der Waals surface area contributed by atoms with Gasteiger partial charge in [-0.2, -0.15) is 0 Å². The summed E-state index contributed by atoms with van der Waals surface area (Å²) < 4.78 is 0. The molecular formula is C6H10N2OS. The van der Waals surface area contributed by atoms with Crippen molar-refractivity contribution >= 4 is 22.7 Å². The molecule has 0 bridgehead atoms. The monoisotopic (exact) mass is 158 g/mol. The first-order chi connectivity index (χ1) is 4.74. The highest BCUT2D eigenvalue weighted by Crippen LogP contribution is 2.12. The van der Waals surface area contributed by atoms with Crippen LogP contribution in [0.2, 0.25) is 0 Å². The number of Topliss-reactive ketones (excluding diaryl/α,β-unsaturated/α-hetero) is 1. The maximum atomic E-state index is 10.8. The Labute approximate surface area is 64.5 Å². The Morgan fingerprint density at radius 1 is 1.70 bits per heavy atom. The van der Waals surface area contributed by atoms with Crippen LogP contribution in [-0.4, -0.2) is 42.2 Å². The van der Waals surface area contributed by atoms with Crippen LogP contribution in [0.25, 0.3) is 0 Å². The van der Waals surface area contributed by atoms with E-state index in [4.69, 9.17) is 0 Å². The standard InChI is InChI=1S/C6H10N2OS/c1-7-6-8(2)3-5(9)4-10-6/h3-4H2,1-2H3. The van der Waals surface area contributed by atoms with E-state index in [0.717, 1.165) is 5.17 Å². The largest absolute Gasteiger partial charge is 0.347 e. The first-order valence-electron chi connectivity index (χ1n) is 3.06. The van der Waals surface area contributed by atoms with E-state index in [2.05, 4.69) is 4.99 Å². The van der Waals surface area contributed by atoms with Crippen LogP contribution in [0.4, 0.5) is 0 Å². The third-order valence-corrected chi connectivity index (χ3v) is 2.51. The van der Waals surface area contributed by atoms with E-state index in [9.17, 15) is 4.79 Å². The molecule has 10 heavy (non-hydrogen) atoms. The fraction of sp³-hybridized carbons (Fsp3) is 0.667. The van der Waals surface area contributed by atoms with E-state index in [1.54, 1.807) is 7.05 Å². The lowest BCUT2D eigenvalue weighted by Gasteiger charge is -2.23. The summed E-state index contributed by atoms with van der Waals surface area (Å²) in [5.41, 5.74) is 0. The van der Waals surface area contributed by atoms with E-state index in [-0.39, 0.29) is 5.78 Å². The highest BCUT2D eigenvalue weighted by atomic mass is 32.2. The number of likely N-dealkylation sites (N-methyl/N-ethyl adjacent to an activating group) is 1. The summed E-state index contributed by atoms with van der Waals surface area (Å²) in [4.78, 5) is 16.7. The topological polar surface area (TPSA) is 32.7 Å². The van der Waals surface area contributed by atoms with Crippen molar-refractivity contribution in [3.05, 3.63) is 0 Å². The van der Waals surface area contributed by atoms with E-state index in [0.29, 0.717) is 12.3 Å². The lowest BCUT2D eigenvalue weighted by atomic mass is 10.4. The number of hydrogen-bond acceptors (Lipinski definition) is 3. The molecule has 1 rings (SSSR count). The zero-order chi connectivity index (χ0) is 7.56. The summed E-state index contributed by atoms with van der Waals surface area (Å²) in [6.45, 7) is 0.514. The van der Waals surface area contributed by atoms with Crippen molar-refractivity contribution in [3.63, 3.8) is 0 Å². The molecule has 3 nitrogen and oxygen atoms in total. The molecule has 0 aliphatic carbocycles. The van der Waals surface area contributed by atoms with E-state index < -0.39 is 0 Å². The van der Waals surface area contributed by atoms with Gasteiger partial charge in [0.25, 0.3) is 0 Å². The van der Waals surface area contributed by atoms with Crippen molar-refractivity contribution in [2.45, 2.75) is 0 Å². The number of aliphatic imine (C=N–C) groups is 1. The summed E-state index contributed by atoms with van der Waals surface area (Å²) in [5, 5.41) is 0.958. The van der Waals surface area contributed by atoms with E-state index in [1.807, 2.05) is 11.9 Å². The quantitative estimate of drug-likeness (QED) is 0.505. The van der Waals surface area contributed by atoms with Crippen LogP contribution in [-0.2, 0) is 4.79 Å². The first kappa shape index (κ1) is 7.60. The molecule has 0 aromatic heterocycles. The zero-order valence-corrected chi connectivity index (χ0v) is 6.94. The minimum atomic E-state index is 0.278. The van der Waals surface area contributed by atoms with Gasteiger partial charge in [-0.3, -0.25) is 9.79 Å². The van der Waals surface area contributed by atoms with Gasteiger partial charge in [0.1, 0.15) is 0 Å². The molecule has 1 fully saturated rings. The minimum Gasteiger partial charge on any atom is -0.347 e. The number of hydrogen-bond donors (Lipinski definition) is 0. The lowest BCUT2D eigenvalue weighted by molar-refractivity contribution is -0.116. The van der Waals surface area contributed by atoms with Gasteiger partial charge in [-0.1, -0.05) is 11.8 Å². The molecule has 1 saturated heterocycles. The number of rotatable bonds is 0. The highest BCUT2D eigenvalue weighted by Gasteiger charge is 2.18. The van der Waals surface area contributed by atoms with Crippen molar-refractivity contribution < 1.29 is 4.79 Å². The summed E-state index contributed by atoms with van der Waals surface area (Å²) >= 11 is 1.51. The third-order valence-electron chi connectivity index (χ3n) is 1.29. The number of nitrogens with zero attached hydrogens (tertiary/aromatic N) is 2. The molecule has 0 atom stereocenters. The van der Waals surface area contributed by atoms with Crippen LogP contribution >= 0.6 is 11.8 Å². The van der Waals surface area contributed by atoms with Gasteiger partial charge in [0.05, 0.1) is 12.3 Å². The van der Waals surface area contributed by atoms with Crippen molar-refractivity contribution in [3.8, 4) is 0 Å². The second-order valence-corrected chi connectivity index (χ2v) is 3.13. The Morgan fingerprint density at radius 2 is 2.40 bits per heavy atom. The molecule has 56 valence electrons. The molecule has 0 spiro atoms. The third kappa shape index (κ3) is 1.50. The van der Waals surface area contributed by atoms with Crippen molar-refractivity contribution in [1.29, 1.82) is 0 Å². The number of ketones is 1. The summed E-state index contributed by atoms with van der Waals surface area (Å²) in [5.74, 6) is 0.858. The molecule has 4 heteroatoms. The average Bonchev–Trinajstić information content (AvgIpc) is 1.88. The zero-order valence-electron chi connectivity index (χ0n) is 6.13. The summed E-state index contributed by atoms with van der Waals surface area (Å²) in [6, 6.07) is 0. The second-order valence-electron chi connectivity index (χ2n) is 2.19. The first-order valence-corrected chi connectivity index (χ1v) is 4.05. The normalized spacial score (nSPS) is 24.0. The fourth-order valence-corrected chi connectivity index (χ4v) is 1.66. The molecule has 0 saturated carbocycles. The van der Waals surface area contributed by atoms with Crippen molar-refractivity contribution in [2.24, 2.45) is 4.99 Å². The van der Waals surface area contributed by atoms with Crippen LogP contribution < -0.4 is 0 Å². The number of thioether (sulfide) groups is 1. The summed E-state index contributed by atoms with van der Waals surface area (Å²) in [7, 11) is 3.63. The number of carbonyl (C=O) groups excluding carboxylic acids is 1. The van der Waals surface area contributed by atoms with Crippen LogP contribution in [0, 0.1) is 0 Å². The van der Waals surface area contributed by atoms with Gasteiger partial charge in [-0.05, 0) is 0 Å². The highest BCUT2D eigenvalue weighted by molar-refractivity contribution is 8.14. The average molecular weight is 158 g/mol. The van der Waals surface area contributed by atoms with Gasteiger partial charge in [0.2, 0.25) is 0 Å². The van der Waals surface area contributed by atoms with Gasteiger partial charge in [0.15, 0.2) is 11.0 Å². The fourth-order valence-electron chi connectivity index (χ4n) is 0.868. The minimum absolute atomic E-state index is 0.278. The molecule has 0 amide bonds.